The van der Waals surface area contributed by atoms with Gasteiger partial charge in [-0.25, -0.2) is 0 Å². The van der Waals surface area contributed by atoms with Gasteiger partial charge in [-0.15, -0.1) is 0 Å². The highest BCUT2D eigenvalue weighted by Gasteiger charge is 2.29. The number of rotatable bonds is 13. The van der Waals surface area contributed by atoms with E-state index in [4.69, 9.17) is 13.7 Å². The molecular weight excluding hydrogens is 496 g/mol. The Morgan fingerprint density at radius 3 is 1.45 bits per heavy atom. The van der Waals surface area contributed by atoms with Crippen LogP contribution in [0.1, 0.15) is 42.0 Å². The van der Waals surface area contributed by atoms with Crippen LogP contribution in [-0.2, 0) is 32.9 Å². The number of hydrogen-bond acceptors (Lipinski definition) is 5. The molecular formula is C32H34O5S. The van der Waals surface area contributed by atoms with Gasteiger partial charge >= 0.3 is 0 Å². The van der Waals surface area contributed by atoms with Crippen LogP contribution in [-0.4, -0.2) is 21.3 Å². The van der Waals surface area contributed by atoms with E-state index in [0.29, 0.717) is 26.1 Å². The summed E-state index contributed by atoms with van der Waals surface area (Å²) < 4.78 is 39.9. The second-order valence-corrected chi connectivity index (χ2v) is 11.2. The Morgan fingerprint density at radius 2 is 1.05 bits per heavy atom. The lowest BCUT2D eigenvalue weighted by molar-refractivity contribution is 0.297. The van der Waals surface area contributed by atoms with Crippen molar-refractivity contribution in [2.75, 3.05) is 12.9 Å². The Morgan fingerprint density at radius 1 is 0.632 bits per heavy atom. The van der Waals surface area contributed by atoms with Crippen LogP contribution in [0, 0.1) is 0 Å². The molecule has 4 rings (SSSR count). The fourth-order valence-electron chi connectivity index (χ4n) is 4.41. The van der Waals surface area contributed by atoms with Gasteiger partial charge in [-0.3, -0.25) is 4.18 Å². The first-order chi connectivity index (χ1) is 18.3. The molecule has 0 bridgehead atoms. The van der Waals surface area contributed by atoms with Crippen LogP contribution < -0.4 is 9.47 Å². The third kappa shape index (κ3) is 7.94. The lowest BCUT2D eigenvalue weighted by atomic mass is 9.73. The first-order valence-corrected chi connectivity index (χ1v) is 14.5. The predicted octanol–water partition coefficient (Wildman–Crippen LogP) is 6.91. The zero-order chi connectivity index (χ0) is 26.8. The second-order valence-electron chi connectivity index (χ2n) is 9.56. The lowest BCUT2D eigenvalue weighted by Gasteiger charge is -2.31. The molecule has 0 amide bonds. The molecule has 0 aliphatic carbocycles. The maximum absolute atomic E-state index is 11.4. The molecule has 0 saturated heterocycles. The second kappa shape index (κ2) is 12.8. The van der Waals surface area contributed by atoms with Crippen molar-refractivity contribution in [2.24, 2.45) is 0 Å². The molecule has 0 N–H and O–H groups in total. The fourth-order valence-corrected chi connectivity index (χ4v) is 4.83. The molecule has 0 heterocycles. The van der Waals surface area contributed by atoms with E-state index in [-0.39, 0.29) is 12.0 Å². The molecule has 0 saturated carbocycles. The molecule has 5 nitrogen and oxygen atoms in total. The normalized spacial score (nSPS) is 11.7. The number of benzene rings is 4. The van der Waals surface area contributed by atoms with Crippen molar-refractivity contribution in [1.82, 2.24) is 0 Å². The Labute approximate surface area is 226 Å². The van der Waals surface area contributed by atoms with Gasteiger partial charge in [-0.05, 0) is 59.4 Å². The third-order valence-corrected chi connectivity index (χ3v) is 7.19. The summed E-state index contributed by atoms with van der Waals surface area (Å²) in [5.74, 6) is 1.59. The summed E-state index contributed by atoms with van der Waals surface area (Å²) >= 11 is 0. The molecule has 0 unspecified atom stereocenters. The van der Waals surface area contributed by atoms with Crippen LogP contribution in [0.3, 0.4) is 0 Å². The van der Waals surface area contributed by atoms with Gasteiger partial charge in [0.1, 0.15) is 24.7 Å². The molecule has 0 radical (unpaired) electrons. The molecule has 198 valence electrons. The highest BCUT2D eigenvalue weighted by atomic mass is 32.2. The number of hydrogen-bond donors (Lipinski definition) is 0. The van der Waals surface area contributed by atoms with Gasteiger partial charge in [0, 0.05) is 5.41 Å². The fraction of sp³-hybridized carbons (Fsp3) is 0.250. The van der Waals surface area contributed by atoms with Gasteiger partial charge in [0.05, 0.1) is 12.9 Å². The highest BCUT2D eigenvalue weighted by Crippen LogP contribution is 2.38. The summed E-state index contributed by atoms with van der Waals surface area (Å²) in [6.45, 7) is 3.33. The Kier molecular flexibility index (Phi) is 9.21. The van der Waals surface area contributed by atoms with Crippen LogP contribution in [0.15, 0.2) is 109 Å². The maximum Gasteiger partial charge on any atom is 0.264 e. The average molecular weight is 531 g/mol. The van der Waals surface area contributed by atoms with Crippen molar-refractivity contribution in [3.05, 3.63) is 131 Å². The van der Waals surface area contributed by atoms with E-state index in [2.05, 4.69) is 31.2 Å². The van der Waals surface area contributed by atoms with Crippen LogP contribution in [0.5, 0.6) is 11.5 Å². The van der Waals surface area contributed by atoms with Gasteiger partial charge in [0.25, 0.3) is 10.1 Å². The SMILES string of the molecule is CC(CCCOS(C)(=O)=O)(c1ccc(OCc2ccccc2)cc1)c1ccc(OCc2ccccc2)cc1. The predicted molar refractivity (Wildman–Crippen MR) is 151 cm³/mol. The summed E-state index contributed by atoms with van der Waals surface area (Å²) in [5, 5.41) is 0. The van der Waals surface area contributed by atoms with Crippen LogP contribution in [0.25, 0.3) is 0 Å². The molecule has 0 spiro atoms. The Hall–Kier alpha value is -3.61. The molecule has 6 heteroatoms. The van der Waals surface area contributed by atoms with E-state index in [9.17, 15) is 8.42 Å². The standard InChI is InChI=1S/C32H34O5S/c1-32(22-9-23-37-38(2,33)34,28-14-18-30(19-15-28)35-24-26-10-5-3-6-11-26)29-16-20-31(21-17-29)36-25-27-12-7-4-8-13-27/h3-8,10-21H,9,22-25H2,1-2H3. The van der Waals surface area contributed by atoms with Crippen LogP contribution in [0.4, 0.5) is 0 Å². The first-order valence-electron chi connectivity index (χ1n) is 12.7. The highest BCUT2D eigenvalue weighted by molar-refractivity contribution is 7.85. The molecule has 4 aromatic carbocycles. The van der Waals surface area contributed by atoms with Gasteiger partial charge in [0.15, 0.2) is 0 Å². The lowest BCUT2D eigenvalue weighted by Crippen LogP contribution is -2.24. The van der Waals surface area contributed by atoms with Crippen molar-refractivity contribution in [2.45, 2.75) is 38.4 Å². The summed E-state index contributed by atoms with van der Waals surface area (Å²) in [7, 11) is -3.47. The number of ether oxygens (including phenoxy) is 2. The topological polar surface area (TPSA) is 61.8 Å². The van der Waals surface area contributed by atoms with E-state index in [0.717, 1.165) is 40.0 Å². The van der Waals surface area contributed by atoms with Crippen molar-refractivity contribution in [3.63, 3.8) is 0 Å². The zero-order valence-electron chi connectivity index (χ0n) is 21.9. The van der Waals surface area contributed by atoms with E-state index in [1.165, 1.54) is 0 Å². The van der Waals surface area contributed by atoms with Crippen LogP contribution in [0.2, 0.25) is 0 Å². The van der Waals surface area contributed by atoms with Crippen molar-refractivity contribution in [3.8, 4) is 11.5 Å². The monoisotopic (exact) mass is 530 g/mol. The van der Waals surface area contributed by atoms with E-state index >= 15 is 0 Å². The van der Waals surface area contributed by atoms with Crippen molar-refractivity contribution >= 4 is 10.1 Å². The van der Waals surface area contributed by atoms with Gasteiger partial charge < -0.3 is 9.47 Å². The van der Waals surface area contributed by atoms with E-state index < -0.39 is 10.1 Å². The summed E-state index contributed by atoms with van der Waals surface area (Å²) in [6.07, 6.45) is 2.37. The Bertz CT molecular complexity index is 1280. The minimum absolute atomic E-state index is 0.144. The summed E-state index contributed by atoms with van der Waals surface area (Å²) in [5.41, 5.74) is 4.09. The minimum Gasteiger partial charge on any atom is -0.489 e. The van der Waals surface area contributed by atoms with E-state index in [1.807, 2.05) is 84.9 Å². The maximum atomic E-state index is 11.4. The third-order valence-electron chi connectivity index (χ3n) is 6.60. The Balaban J connectivity index is 1.49. The molecule has 38 heavy (non-hydrogen) atoms. The van der Waals surface area contributed by atoms with Gasteiger partial charge in [-0.1, -0.05) is 91.9 Å². The van der Waals surface area contributed by atoms with Crippen molar-refractivity contribution in [1.29, 1.82) is 0 Å². The van der Waals surface area contributed by atoms with Gasteiger partial charge in [-0.2, -0.15) is 8.42 Å². The largest absolute Gasteiger partial charge is 0.489 e. The molecule has 0 aliphatic rings. The van der Waals surface area contributed by atoms with E-state index in [1.54, 1.807) is 0 Å². The quantitative estimate of drug-likeness (QED) is 0.139. The van der Waals surface area contributed by atoms with Crippen molar-refractivity contribution < 1.29 is 22.1 Å². The first kappa shape index (κ1) is 27.4. The molecule has 0 aliphatic heterocycles. The summed E-state index contributed by atoms with van der Waals surface area (Å²) in [4.78, 5) is 0. The van der Waals surface area contributed by atoms with Crippen LogP contribution >= 0.6 is 0 Å². The minimum atomic E-state index is -3.47. The molecule has 0 atom stereocenters. The van der Waals surface area contributed by atoms with Gasteiger partial charge in [0.2, 0.25) is 0 Å². The molecule has 0 fully saturated rings. The smallest absolute Gasteiger partial charge is 0.264 e. The zero-order valence-corrected chi connectivity index (χ0v) is 22.7. The molecule has 4 aromatic rings. The average Bonchev–Trinajstić information content (AvgIpc) is 2.94. The molecule has 0 aromatic heterocycles. The summed E-state index contributed by atoms with van der Waals surface area (Å²) in [6, 6.07) is 36.4.